The van der Waals surface area contributed by atoms with Gasteiger partial charge in [0.05, 0.1) is 5.69 Å². The first kappa shape index (κ1) is 18.7. The zero-order valence-electron chi connectivity index (χ0n) is 14.6. The molecule has 0 bridgehead atoms. The van der Waals surface area contributed by atoms with Crippen LogP contribution in [0.25, 0.3) is 0 Å². The van der Waals surface area contributed by atoms with Gasteiger partial charge in [0, 0.05) is 17.5 Å². The van der Waals surface area contributed by atoms with Gasteiger partial charge in [0.1, 0.15) is 0 Å². The van der Waals surface area contributed by atoms with Gasteiger partial charge in [-0.15, -0.1) is 0 Å². The lowest BCUT2D eigenvalue weighted by Crippen LogP contribution is -2.42. The maximum atomic E-state index is 12.9. The fraction of sp³-hybridized carbons (Fsp3) is 0.350. The smallest absolute Gasteiger partial charge is 0.317 e. The second-order valence-corrected chi connectivity index (χ2v) is 7.53. The summed E-state index contributed by atoms with van der Waals surface area (Å²) in [5.41, 5.74) is 1.47. The summed E-state index contributed by atoms with van der Waals surface area (Å²) < 4.78 is 25.5. The third-order valence-electron chi connectivity index (χ3n) is 4.60. The minimum atomic E-state index is -2.53. The Bertz CT molecular complexity index is 738. The summed E-state index contributed by atoms with van der Waals surface area (Å²) in [6, 6.07) is 16.3. The molecule has 3 nitrogen and oxygen atoms in total. The highest BCUT2D eigenvalue weighted by atomic mass is 32.2. The van der Waals surface area contributed by atoms with Gasteiger partial charge >= 0.3 is 6.03 Å². The summed E-state index contributed by atoms with van der Waals surface area (Å²) in [4.78, 5) is 15.1. The predicted octanol–water partition coefficient (Wildman–Crippen LogP) is 5.83. The number of anilines is 1. The number of benzene rings is 2. The number of rotatable bonds is 7. The van der Waals surface area contributed by atoms with Crippen molar-refractivity contribution in [2.24, 2.45) is 5.92 Å². The largest absolute Gasteiger partial charge is 0.322 e. The number of urea groups is 1. The van der Waals surface area contributed by atoms with Crippen molar-refractivity contribution in [3.05, 3.63) is 60.2 Å². The number of hydrogen-bond donors (Lipinski definition) is 1. The number of halogens is 2. The van der Waals surface area contributed by atoms with Crippen LogP contribution < -0.4 is 5.32 Å². The van der Waals surface area contributed by atoms with Crippen LogP contribution in [0.15, 0.2) is 59.5 Å². The Morgan fingerprint density at radius 2 is 1.81 bits per heavy atom. The molecule has 6 heteroatoms. The molecule has 1 fully saturated rings. The van der Waals surface area contributed by atoms with Crippen molar-refractivity contribution < 1.29 is 13.6 Å². The van der Waals surface area contributed by atoms with E-state index in [2.05, 4.69) is 12.2 Å². The van der Waals surface area contributed by atoms with Gasteiger partial charge in [0.25, 0.3) is 5.76 Å². The Morgan fingerprint density at radius 3 is 2.46 bits per heavy atom. The SMILES string of the molecule is CC(C1CC1)N(Cc1ccccc1)C(=O)Nc1ccccc1SC(F)F. The number of carbonyl (C=O) groups is 1. The van der Waals surface area contributed by atoms with Crippen molar-refractivity contribution in [2.45, 2.75) is 43.0 Å². The Hall–Kier alpha value is -2.08. The van der Waals surface area contributed by atoms with E-state index in [4.69, 9.17) is 0 Å². The molecule has 0 aliphatic heterocycles. The Balaban J connectivity index is 1.77. The molecule has 2 amide bonds. The maximum absolute atomic E-state index is 12.9. The van der Waals surface area contributed by atoms with Crippen molar-refractivity contribution in [3.8, 4) is 0 Å². The number of hydrogen-bond acceptors (Lipinski definition) is 2. The standard InChI is InChI=1S/C20H22F2N2OS/c1-14(16-11-12-16)24(13-15-7-3-2-4-8-15)20(25)23-17-9-5-6-10-18(17)26-19(21)22/h2-10,14,16,19H,11-13H2,1H3,(H,23,25). The van der Waals surface area contributed by atoms with Gasteiger partial charge in [-0.05, 0) is 43.4 Å². The molecule has 1 unspecified atom stereocenters. The molecule has 0 saturated heterocycles. The second kappa shape index (κ2) is 8.54. The Morgan fingerprint density at radius 1 is 1.15 bits per heavy atom. The highest BCUT2D eigenvalue weighted by Crippen LogP contribution is 2.36. The van der Waals surface area contributed by atoms with Gasteiger partial charge in [-0.25, -0.2) is 4.79 Å². The number of carbonyl (C=O) groups excluding carboxylic acids is 1. The number of alkyl halides is 2. The molecular formula is C20H22F2N2OS. The normalized spacial score (nSPS) is 14.9. The first-order chi connectivity index (χ1) is 12.5. The zero-order valence-corrected chi connectivity index (χ0v) is 15.4. The lowest BCUT2D eigenvalue weighted by molar-refractivity contribution is 0.180. The highest BCUT2D eigenvalue weighted by Gasteiger charge is 2.34. The topological polar surface area (TPSA) is 32.3 Å². The van der Waals surface area contributed by atoms with Gasteiger partial charge in [0.2, 0.25) is 0 Å². The molecule has 1 aliphatic carbocycles. The third kappa shape index (κ3) is 4.97. The molecule has 1 atom stereocenters. The number of nitrogens with zero attached hydrogens (tertiary/aromatic N) is 1. The Kier molecular flexibility index (Phi) is 6.14. The summed E-state index contributed by atoms with van der Waals surface area (Å²) in [7, 11) is 0. The molecule has 3 rings (SSSR count). The van der Waals surface area contributed by atoms with Crippen LogP contribution in [0.5, 0.6) is 0 Å². The van der Waals surface area contributed by atoms with Crippen LogP contribution in [0.3, 0.4) is 0 Å². The van der Waals surface area contributed by atoms with E-state index in [0.717, 1.165) is 18.4 Å². The summed E-state index contributed by atoms with van der Waals surface area (Å²) in [5, 5.41) is 2.83. The van der Waals surface area contributed by atoms with Crippen LogP contribution in [-0.2, 0) is 6.54 Å². The zero-order chi connectivity index (χ0) is 18.5. The van der Waals surface area contributed by atoms with Gasteiger partial charge in [-0.2, -0.15) is 8.78 Å². The first-order valence-corrected chi connectivity index (χ1v) is 9.58. The lowest BCUT2D eigenvalue weighted by Gasteiger charge is -2.30. The molecule has 0 heterocycles. The molecule has 0 radical (unpaired) electrons. The van der Waals surface area contributed by atoms with Crippen LogP contribution in [0, 0.1) is 5.92 Å². The van der Waals surface area contributed by atoms with E-state index in [1.807, 2.05) is 30.3 Å². The Labute approximate surface area is 156 Å². The molecule has 138 valence electrons. The minimum Gasteiger partial charge on any atom is -0.317 e. The molecule has 2 aromatic rings. The molecule has 0 aromatic heterocycles. The average molecular weight is 376 g/mol. The summed E-state index contributed by atoms with van der Waals surface area (Å²) in [6.07, 6.45) is 2.25. The second-order valence-electron chi connectivity index (χ2n) is 6.50. The van der Waals surface area contributed by atoms with Crippen molar-refractivity contribution >= 4 is 23.5 Å². The van der Waals surface area contributed by atoms with Crippen molar-refractivity contribution in [3.63, 3.8) is 0 Å². The van der Waals surface area contributed by atoms with Crippen LogP contribution in [-0.4, -0.2) is 22.7 Å². The van der Waals surface area contributed by atoms with Crippen LogP contribution in [0.4, 0.5) is 19.3 Å². The maximum Gasteiger partial charge on any atom is 0.322 e. The third-order valence-corrected chi connectivity index (χ3v) is 5.39. The fourth-order valence-electron chi connectivity index (χ4n) is 2.97. The van der Waals surface area contributed by atoms with Crippen LogP contribution >= 0.6 is 11.8 Å². The molecule has 2 aromatic carbocycles. The number of thioether (sulfide) groups is 1. The lowest BCUT2D eigenvalue weighted by atomic mass is 10.1. The molecule has 0 spiro atoms. The fourth-order valence-corrected chi connectivity index (χ4v) is 3.56. The van der Waals surface area contributed by atoms with Gasteiger partial charge < -0.3 is 10.2 Å². The van der Waals surface area contributed by atoms with Crippen LogP contribution in [0.1, 0.15) is 25.3 Å². The molecule has 1 N–H and O–H groups in total. The van der Waals surface area contributed by atoms with E-state index < -0.39 is 5.76 Å². The van der Waals surface area contributed by atoms with Gasteiger partial charge in [0.15, 0.2) is 0 Å². The van der Waals surface area contributed by atoms with Gasteiger partial charge in [-0.3, -0.25) is 0 Å². The predicted molar refractivity (Wildman–Crippen MR) is 101 cm³/mol. The van der Waals surface area contributed by atoms with E-state index in [1.54, 1.807) is 29.2 Å². The summed E-state index contributed by atoms with van der Waals surface area (Å²) >= 11 is 0.443. The summed E-state index contributed by atoms with van der Waals surface area (Å²) in [6.45, 7) is 2.55. The van der Waals surface area contributed by atoms with Gasteiger partial charge in [-0.1, -0.05) is 54.2 Å². The number of para-hydroxylation sites is 1. The molecule has 1 saturated carbocycles. The summed E-state index contributed by atoms with van der Waals surface area (Å²) in [5.74, 6) is -2.02. The van der Waals surface area contributed by atoms with E-state index in [0.29, 0.717) is 34.8 Å². The van der Waals surface area contributed by atoms with Crippen molar-refractivity contribution in [1.29, 1.82) is 0 Å². The highest BCUT2D eigenvalue weighted by molar-refractivity contribution is 7.99. The monoisotopic (exact) mass is 376 g/mol. The number of nitrogens with one attached hydrogen (secondary N) is 1. The molecule has 26 heavy (non-hydrogen) atoms. The quantitative estimate of drug-likeness (QED) is 0.616. The average Bonchev–Trinajstić information content (AvgIpc) is 3.46. The number of amides is 2. The van der Waals surface area contributed by atoms with E-state index in [9.17, 15) is 13.6 Å². The first-order valence-electron chi connectivity index (χ1n) is 8.70. The van der Waals surface area contributed by atoms with Crippen molar-refractivity contribution in [1.82, 2.24) is 4.90 Å². The molecule has 1 aliphatic rings. The van der Waals surface area contributed by atoms with E-state index >= 15 is 0 Å². The van der Waals surface area contributed by atoms with Crippen molar-refractivity contribution in [2.75, 3.05) is 5.32 Å². The van der Waals surface area contributed by atoms with E-state index in [1.165, 1.54) is 0 Å². The van der Waals surface area contributed by atoms with E-state index in [-0.39, 0.29) is 12.1 Å². The minimum absolute atomic E-state index is 0.102. The van der Waals surface area contributed by atoms with Crippen LogP contribution in [0.2, 0.25) is 0 Å². The molecular weight excluding hydrogens is 354 g/mol.